The number of hydrazine groups is 1. The lowest BCUT2D eigenvalue weighted by Crippen LogP contribution is -2.30. The van der Waals surface area contributed by atoms with E-state index >= 15 is 0 Å². The average Bonchev–Trinajstić information content (AvgIpc) is 3.03. The van der Waals surface area contributed by atoms with Crippen LogP contribution in [0.1, 0.15) is 38.3 Å². The Bertz CT molecular complexity index is 923. The number of nitrogens with zero attached hydrogens (tertiary/aromatic N) is 3. The molecule has 0 fully saturated rings. The molecule has 2 aromatic carbocycles. The number of hydrogen-bond acceptors (Lipinski definition) is 5. The summed E-state index contributed by atoms with van der Waals surface area (Å²) in [4.78, 5) is 12.9. The summed E-state index contributed by atoms with van der Waals surface area (Å²) in [5.74, 6) is 5.07. The van der Waals surface area contributed by atoms with Crippen LogP contribution in [-0.2, 0) is 16.6 Å². The van der Waals surface area contributed by atoms with Crippen molar-refractivity contribution in [3.8, 4) is 11.4 Å². The maximum Gasteiger partial charge on any atom is 0.234 e. The van der Waals surface area contributed by atoms with Crippen LogP contribution in [0, 0.1) is 0 Å². The zero-order valence-electron chi connectivity index (χ0n) is 15.2. The first-order chi connectivity index (χ1) is 12.3. The summed E-state index contributed by atoms with van der Waals surface area (Å²) in [7, 11) is 0. The van der Waals surface area contributed by atoms with Crippen molar-refractivity contribution in [1.29, 1.82) is 0 Å². The van der Waals surface area contributed by atoms with Crippen LogP contribution in [0.2, 0.25) is 0 Å². The molecule has 0 radical (unpaired) electrons. The largest absolute Gasteiger partial charge is 0.505 e. The van der Waals surface area contributed by atoms with Crippen LogP contribution >= 0.6 is 0 Å². The fourth-order valence-electron chi connectivity index (χ4n) is 2.84. The molecule has 0 unspecified atom stereocenters. The number of nitrogens with two attached hydrogens (primary N) is 1. The summed E-state index contributed by atoms with van der Waals surface area (Å²) in [5, 5.41) is 19.8. The molecule has 26 heavy (non-hydrogen) atoms. The highest BCUT2D eigenvalue weighted by Gasteiger charge is 2.23. The summed E-state index contributed by atoms with van der Waals surface area (Å²) in [5.41, 5.74) is 5.54. The smallest absolute Gasteiger partial charge is 0.234 e. The first-order valence-corrected chi connectivity index (χ1v) is 8.48. The van der Waals surface area contributed by atoms with Gasteiger partial charge in [-0.2, -0.15) is 0 Å². The molecular formula is C19H23N5O2. The number of carbonyl (C=O) groups excluding carboxylic acids is 1. The summed E-state index contributed by atoms with van der Waals surface area (Å²) < 4.78 is 0. The van der Waals surface area contributed by atoms with Crippen LogP contribution in [0.25, 0.3) is 16.7 Å². The van der Waals surface area contributed by atoms with Crippen molar-refractivity contribution in [1.82, 2.24) is 20.4 Å². The molecule has 0 aliphatic heterocycles. The number of carbonyl (C=O) groups is 1. The van der Waals surface area contributed by atoms with Gasteiger partial charge < -0.3 is 5.11 Å². The van der Waals surface area contributed by atoms with Gasteiger partial charge in [0.25, 0.3) is 0 Å². The summed E-state index contributed by atoms with van der Waals surface area (Å²) in [6.07, 6.45) is 0.763. The molecule has 0 aliphatic carbocycles. The normalized spacial score (nSPS) is 11.7. The Kier molecular flexibility index (Phi) is 4.65. The van der Waals surface area contributed by atoms with Crippen LogP contribution in [-0.4, -0.2) is 26.0 Å². The monoisotopic (exact) mass is 353 g/mol. The van der Waals surface area contributed by atoms with Gasteiger partial charge in [0.05, 0.1) is 0 Å². The third-order valence-corrected chi connectivity index (χ3v) is 4.26. The molecule has 1 heterocycles. The van der Waals surface area contributed by atoms with Crippen LogP contribution in [0.15, 0.2) is 36.4 Å². The Morgan fingerprint density at radius 2 is 1.81 bits per heavy atom. The SMILES string of the molecule is CC(C)(C)c1cc(CCC(=O)NN)cc(-n2nc3ccccc3n2)c1O. The van der Waals surface area contributed by atoms with Crippen LogP contribution in [0.5, 0.6) is 5.75 Å². The lowest BCUT2D eigenvalue weighted by atomic mass is 9.84. The van der Waals surface area contributed by atoms with Gasteiger partial charge in [-0.3, -0.25) is 10.2 Å². The average molecular weight is 353 g/mol. The number of phenolic OH excluding ortho intramolecular Hbond substituents is 1. The van der Waals surface area contributed by atoms with E-state index in [0.29, 0.717) is 12.1 Å². The molecule has 1 aromatic heterocycles. The second-order valence-electron chi connectivity index (χ2n) is 7.31. The zero-order chi connectivity index (χ0) is 18.9. The molecule has 1 amide bonds. The van der Waals surface area contributed by atoms with Crippen molar-refractivity contribution in [2.45, 2.75) is 39.0 Å². The molecule has 0 saturated carbocycles. The van der Waals surface area contributed by atoms with E-state index < -0.39 is 0 Å². The minimum Gasteiger partial charge on any atom is -0.505 e. The molecule has 3 rings (SSSR count). The first-order valence-electron chi connectivity index (χ1n) is 8.48. The quantitative estimate of drug-likeness (QED) is 0.379. The van der Waals surface area contributed by atoms with Gasteiger partial charge in [0.15, 0.2) is 0 Å². The minimum absolute atomic E-state index is 0.143. The van der Waals surface area contributed by atoms with Gasteiger partial charge >= 0.3 is 0 Å². The number of rotatable bonds is 4. The van der Waals surface area contributed by atoms with Gasteiger partial charge in [-0.15, -0.1) is 15.0 Å². The fraction of sp³-hybridized carbons (Fsp3) is 0.316. The Morgan fingerprint density at radius 3 is 2.35 bits per heavy atom. The Morgan fingerprint density at radius 1 is 1.19 bits per heavy atom. The number of hydrogen-bond donors (Lipinski definition) is 3. The standard InChI is InChI=1S/C19H23N5O2/c1-19(2,3)13-10-12(8-9-17(25)21-20)11-16(18(13)26)24-22-14-6-4-5-7-15(14)23-24/h4-7,10-11,26H,8-9,20H2,1-3H3,(H,21,25). The topological polar surface area (TPSA) is 106 Å². The van der Waals surface area contributed by atoms with Crippen molar-refractivity contribution < 1.29 is 9.90 Å². The third kappa shape index (κ3) is 3.52. The van der Waals surface area contributed by atoms with E-state index in [1.54, 1.807) is 0 Å². The molecule has 3 aromatic rings. The van der Waals surface area contributed by atoms with Crippen molar-refractivity contribution in [3.63, 3.8) is 0 Å². The van der Waals surface area contributed by atoms with Gasteiger partial charge in [0.2, 0.25) is 5.91 Å². The molecule has 4 N–H and O–H groups in total. The van der Waals surface area contributed by atoms with Crippen molar-refractivity contribution in [3.05, 3.63) is 47.5 Å². The maximum absolute atomic E-state index is 11.5. The fourth-order valence-corrected chi connectivity index (χ4v) is 2.84. The highest BCUT2D eigenvalue weighted by Crippen LogP contribution is 2.36. The van der Waals surface area contributed by atoms with E-state index in [1.165, 1.54) is 4.80 Å². The van der Waals surface area contributed by atoms with Gasteiger partial charge in [0.1, 0.15) is 22.5 Å². The molecule has 0 atom stereocenters. The molecule has 7 nitrogen and oxygen atoms in total. The number of benzene rings is 2. The Balaban J connectivity index is 2.11. The number of amides is 1. The van der Waals surface area contributed by atoms with Crippen LogP contribution in [0.3, 0.4) is 0 Å². The van der Waals surface area contributed by atoms with E-state index in [4.69, 9.17) is 5.84 Å². The summed E-state index contributed by atoms with van der Waals surface area (Å²) in [6, 6.07) is 11.3. The van der Waals surface area contributed by atoms with Gasteiger partial charge in [-0.1, -0.05) is 39.0 Å². The van der Waals surface area contributed by atoms with Gasteiger partial charge in [-0.05, 0) is 35.6 Å². The molecular weight excluding hydrogens is 330 g/mol. The number of aryl methyl sites for hydroxylation is 1. The Hall–Kier alpha value is -2.93. The van der Waals surface area contributed by atoms with Crippen molar-refractivity contribution in [2.24, 2.45) is 5.84 Å². The number of nitrogens with one attached hydrogen (secondary N) is 1. The van der Waals surface area contributed by atoms with Crippen molar-refractivity contribution in [2.75, 3.05) is 0 Å². The highest BCUT2D eigenvalue weighted by molar-refractivity contribution is 5.75. The predicted octanol–water partition coefficient (Wildman–Crippen LogP) is 2.35. The van der Waals surface area contributed by atoms with E-state index in [0.717, 1.165) is 22.2 Å². The number of aromatic nitrogens is 3. The molecule has 136 valence electrons. The van der Waals surface area contributed by atoms with Crippen molar-refractivity contribution >= 4 is 16.9 Å². The third-order valence-electron chi connectivity index (χ3n) is 4.26. The molecule has 7 heteroatoms. The van der Waals surface area contributed by atoms with E-state index in [-0.39, 0.29) is 23.5 Å². The lowest BCUT2D eigenvalue weighted by molar-refractivity contribution is -0.121. The second kappa shape index (κ2) is 6.76. The zero-order valence-corrected chi connectivity index (χ0v) is 15.2. The van der Waals surface area contributed by atoms with Gasteiger partial charge in [-0.25, -0.2) is 5.84 Å². The molecule has 0 bridgehead atoms. The lowest BCUT2D eigenvalue weighted by Gasteiger charge is -2.23. The Labute approximate surface area is 151 Å². The summed E-state index contributed by atoms with van der Waals surface area (Å²) >= 11 is 0. The number of aromatic hydroxyl groups is 1. The van der Waals surface area contributed by atoms with Gasteiger partial charge in [0, 0.05) is 12.0 Å². The molecule has 0 saturated heterocycles. The number of phenols is 1. The van der Waals surface area contributed by atoms with E-state index in [9.17, 15) is 9.90 Å². The van der Waals surface area contributed by atoms with E-state index in [1.807, 2.05) is 57.2 Å². The second-order valence-corrected chi connectivity index (χ2v) is 7.31. The first kappa shape index (κ1) is 17.9. The molecule has 0 spiro atoms. The highest BCUT2D eigenvalue weighted by atomic mass is 16.3. The minimum atomic E-state index is -0.280. The molecule has 0 aliphatic rings. The van der Waals surface area contributed by atoms with Crippen LogP contribution < -0.4 is 11.3 Å². The maximum atomic E-state index is 11.5. The number of fused-ring (bicyclic) bond motifs is 1. The van der Waals surface area contributed by atoms with Crippen LogP contribution in [0.4, 0.5) is 0 Å². The summed E-state index contributed by atoms with van der Waals surface area (Å²) in [6.45, 7) is 6.07. The van der Waals surface area contributed by atoms with E-state index in [2.05, 4.69) is 15.6 Å². The predicted molar refractivity (Wildman–Crippen MR) is 99.9 cm³/mol.